The van der Waals surface area contributed by atoms with Crippen LogP contribution < -0.4 is 4.90 Å². The molecule has 4 nitrogen and oxygen atoms in total. The molecule has 3 rings (SSSR count). The Morgan fingerprint density at radius 1 is 1.14 bits per heavy atom. The second kappa shape index (κ2) is 6.42. The van der Waals surface area contributed by atoms with Gasteiger partial charge in [0.2, 0.25) is 0 Å². The Balaban J connectivity index is 2.05. The first-order valence-corrected chi connectivity index (χ1v) is 8.12. The summed E-state index contributed by atoms with van der Waals surface area (Å²) in [5.74, 6) is 0.907. The Morgan fingerprint density at radius 3 is 2.64 bits per heavy atom. The molecule has 2 heterocycles. The summed E-state index contributed by atoms with van der Waals surface area (Å²) >= 11 is 1.69. The lowest BCUT2D eigenvalue weighted by molar-refractivity contribution is 0.301. The Bertz CT molecular complexity index is 770. The molecule has 114 valence electrons. The molecule has 0 bridgehead atoms. The molecule has 0 aliphatic rings. The van der Waals surface area contributed by atoms with Gasteiger partial charge in [-0.05, 0) is 25.0 Å². The van der Waals surface area contributed by atoms with E-state index in [0.717, 1.165) is 22.6 Å². The number of hydrogen-bond donors (Lipinski definition) is 1. The molecular weight excluding hydrogens is 294 g/mol. The second-order valence-electron chi connectivity index (χ2n) is 5.29. The van der Waals surface area contributed by atoms with Crippen molar-refractivity contribution in [2.24, 2.45) is 0 Å². The van der Waals surface area contributed by atoms with E-state index in [1.165, 1.54) is 16.0 Å². The quantitative estimate of drug-likeness (QED) is 0.785. The Labute approximate surface area is 134 Å². The number of hydrogen-bond acceptors (Lipinski definition) is 5. The van der Waals surface area contributed by atoms with E-state index in [1.54, 1.807) is 17.7 Å². The van der Waals surface area contributed by atoms with Crippen LogP contribution in [0.3, 0.4) is 0 Å². The summed E-state index contributed by atoms with van der Waals surface area (Å²) in [7, 11) is 0. The topological polar surface area (TPSA) is 49.2 Å². The number of anilines is 1. The molecule has 0 radical (unpaired) electrons. The van der Waals surface area contributed by atoms with Crippen LogP contribution in [0.1, 0.15) is 16.0 Å². The molecule has 0 spiro atoms. The molecule has 0 fully saturated rings. The maximum Gasteiger partial charge on any atom is 0.141 e. The lowest BCUT2D eigenvalue weighted by atomic mass is 10.1. The number of nitrogens with zero attached hydrogens (tertiary/aromatic N) is 3. The number of fused-ring (bicyclic) bond motifs is 1. The molecule has 0 atom stereocenters. The third-order valence-electron chi connectivity index (χ3n) is 3.83. The zero-order chi connectivity index (χ0) is 15.5. The molecule has 0 saturated carbocycles. The maximum absolute atomic E-state index is 9.44. The summed E-state index contributed by atoms with van der Waals surface area (Å²) in [6.07, 6.45) is 1.61. The van der Waals surface area contributed by atoms with Gasteiger partial charge in [-0.25, -0.2) is 9.97 Å². The number of aliphatic hydroxyl groups is 1. The minimum atomic E-state index is 0.0977. The molecule has 0 aliphatic heterocycles. The fourth-order valence-corrected chi connectivity index (χ4v) is 3.58. The zero-order valence-electron chi connectivity index (χ0n) is 12.8. The van der Waals surface area contributed by atoms with Crippen LogP contribution in [-0.4, -0.2) is 28.2 Å². The lowest BCUT2D eigenvalue weighted by Crippen LogP contribution is -2.27. The molecule has 0 saturated heterocycles. The highest BCUT2D eigenvalue weighted by molar-refractivity contribution is 7.18. The van der Waals surface area contributed by atoms with Crippen molar-refractivity contribution in [3.05, 3.63) is 52.7 Å². The summed E-state index contributed by atoms with van der Waals surface area (Å²) in [5.41, 5.74) is 2.43. The van der Waals surface area contributed by atoms with Gasteiger partial charge >= 0.3 is 0 Å². The van der Waals surface area contributed by atoms with Crippen molar-refractivity contribution in [2.45, 2.75) is 20.4 Å². The number of aromatic nitrogens is 2. The first kappa shape index (κ1) is 14.9. The molecule has 0 aliphatic carbocycles. The molecule has 0 unspecified atom stereocenters. The van der Waals surface area contributed by atoms with Crippen LogP contribution in [0.2, 0.25) is 0 Å². The maximum atomic E-state index is 9.44. The van der Waals surface area contributed by atoms with E-state index in [2.05, 4.69) is 40.8 Å². The fraction of sp³-hybridized carbons (Fsp3) is 0.294. The van der Waals surface area contributed by atoms with Crippen molar-refractivity contribution in [3.8, 4) is 0 Å². The Kier molecular flexibility index (Phi) is 4.36. The number of aryl methyl sites for hydroxylation is 2. The van der Waals surface area contributed by atoms with Gasteiger partial charge < -0.3 is 10.0 Å². The predicted octanol–water partition coefficient (Wildman–Crippen LogP) is 3.31. The molecule has 22 heavy (non-hydrogen) atoms. The second-order valence-corrected chi connectivity index (χ2v) is 6.49. The highest BCUT2D eigenvalue weighted by Crippen LogP contribution is 2.34. The summed E-state index contributed by atoms with van der Waals surface area (Å²) in [5, 5.41) is 10.5. The summed E-state index contributed by atoms with van der Waals surface area (Å²) in [4.78, 5) is 13.3. The van der Waals surface area contributed by atoms with Gasteiger partial charge in [0.25, 0.3) is 0 Å². The standard InChI is InChI=1S/C17H19N3OS/c1-12-13(2)22-17-15(12)16(18-11-19-17)20(8-9-21)10-14-6-4-3-5-7-14/h3-7,11,21H,8-10H2,1-2H3. The van der Waals surface area contributed by atoms with Crippen molar-refractivity contribution in [1.82, 2.24) is 9.97 Å². The van der Waals surface area contributed by atoms with Crippen molar-refractivity contribution in [2.75, 3.05) is 18.1 Å². The van der Waals surface area contributed by atoms with Gasteiger partial charge in [0.05, 0.1) is 12.0 Å². The molecule has 3 aromatic rings. The molecule has 1 aromatic carbocycles. The third-order valence-corrected chi connectivity index (χ3v) is 4.95. The summed E-state index contributed by atoms with van der Waals surface area (Å²) < 4.78 is 0. The van der Waals surface area contributed by atoms with Crippen LogP contribution in [0.25, 0.3) is 10.2 Å². The summed E-state index contributed by atoms with van der Waals surface area (Å²) in [6, 6.07) is 10.3. The smallest absolute Gasteiger partial charge is 0.141 e. The number of aliphatic hydroxyl groups excluding tert-OH is 1. The third kappa shape index (κ3) is 2.82. The first-order chi connectivity index (χ1) is 10.7. The molecule has 2 aromatic heterocycles. The van der Waals surface area contributed by atoms with Gasteiger partial charge in [0.15, 0.2) is 0 Å². The van der Waals surface area contributed by atoms with E-state index >= 15 is 0 Å². The van der Waals surface area contributed by atoms with E-state index in [4.69, 9.17) is 0 Å². The minimum absolute atomic E-state index is 0.0977. The van der Waals surface area contributed by atoms with E-state index in [9.17, 15) is 5.11 Å². The first-order valence-electron chi connectivity index (χ1n) is 7.31. The Hall–Kier alpha value is -1.98. The van der Waals surface area contributed by atoms with Crippen LogP contribution in [0, 0.1) is 13.8 Å². The lowest BCUT2D eigenvalue weighted by Gasteiger charge is -2.23. The SMILES string of the molecule is Cc1sc2ncnc(N(CCO)Cc3ccccc3)c2c1C. The average Bonchev–Trinajstić information content (AvgIpc) is 2.83. The zero-order valence-corrected chi connectivity index (χ0v) is 13.6. The van der Waals surface area contributed by atoms with Crippen LogP contribution in [0.4, 0.5) is 5.82 Å². The number of thiophene rings is 1. The van der Waals surface area contributed by atoms with Crippen molar-refractivity contribution >= 4 is 27.4 Å². The highest BCUT2D eigenvalue weighted by atomic mass is 32.1. The van der Waals surface area contributed by atoms with Crippen LogP contribution in [-0.2, 0) is 6.54 Å². The monoisotopic (exact) mass is 313 g/mol. The van der Waals surface area contributed by atoms with Gasteiger partial charge in [0.1, 0.15) is 17.0 Å². The molecule has 5 heteroatoms. The van der Waals surface area contributed by atoms with Gasteiger partial charge in [0, 0.05) is 18.0 Å². The minimum Gasteiger partial charge on any atom is -0.395 e. The van der Waals surface area contributed by atoms with Crippen LogP contribution in [0.15, 0.2) is 36.7 Å². The fourth-order valence-electron chi connectivity index (χ4n) is 2.59. The molecule has 1 N–H and O–H groups in total. The van der Waals surface area contributed by atoms with Crippen LogP contribution >= 0.6 is 11.3 Å². The van der Waals surface area contributed by atoms with Crippen molar-refractivity contribution in [3.63, 3.8) is 0 Å². The van der Waals surface area contributed by atoms with Gasteiger partial charge in [-0.15, -0.1) is 11.3 Å². The molecular formula is C17H19N3OS. The van der Waals surface area contributed by atoms with Gasteiger partial charge in [-0.2, -0.15) is 0 Å². The number of rotatable bonds is 5. The van der Waals surface area contributed by atoms with E-state index in [0.29, 0.717) is 6.54 Å². The Morgan fingerprint density at radius 2 is 1.91 bits per heavy atom. The van der Waals surface area contributed by atoms with Gasteiger partial charge in [-0.3, -0.25) is 0 Å². The predicted molar refractivity (Wildman–Crippen MR) is 91.5 cm³/mol. The van der Waals surface area contributed by atoms with Crippen LogP contribution in [0.5, 0.6) is 0 Å². The van der Waals surface area contributed by atoms with E-state index in [-0.39, 0.29) is 6.61 Å². The van der Waals surface area contributed by atoms with E-state index in [1.807, 2.05) is 18.2 Å². The highest BCUT2D eigenvalue weighted by Gasteiger charge is 2.17. The summed E-state index contributed by atoms with van der Waals surface area (Å²) in [6.45, 7) is 5.59. The number of benzene rings is 1. The van der Waals surface area contributed by atoms with Crippen molar-refractivity contribution in [1.29, 1.82) is 0 Å². The largest absolute Gasteiger partial charge is 0.395 e. The van der Waals surface area contributed by atoms with E-state index < -0.39 is 0 Å². The van der Waals surface area contributed by atoms with Gasteiger partial charge in [-0.1, -0.05) is 30.3 Å². The molecule has 0 amide bonds. The van der Waals surface area contributed by atoms with Crippen molar-refractivity contribution < 1.29 is 5.11 Å². The average molecular weight is 313 g/mol. The normalized spacial score (nSPS) is 11.0.